The third kappa shape index (κ3) is 3.76. The molecule has 9 heteroatoms. The lowest BCUT2D eigenvalue weighted by Crippen LogP contribution is -2.48. The van der Waals surface area contributed by atoms with Crippen molar-refractivity contribution in [1.82, 2.24) is 19.9 Å². The second-order valence-electron chi connectivity index (χ2n) is 6.94. The predicted molar refractivity (Wildman–Crippen MR) is 103 cm³/mol. The highest BCUT2D eigenvalue weighted by atomic mass is 19.4. The lowest BCUT2D eigenvalue weighted by atomic mass is 10.1. The van der Waals surface area contributed by atoms with Crippen molar-refractivity contribution in [3.63, 3.8) is 0 Å². The number of hydrogen-bond donors (Lipinski definition) is 0. The van der Waals surface area contributed by atoms with Gasteiger partial charge in [-0.25, -0.2) is 4.68 Å². The minimum absolute atomic E-state index is 0.110. The first kappa shape index (κ1) is 19.2. The van der Waals surface area contributed by atoms with E-state index >= 15 is 0 Å². The predicted octanol–water partition coefficient (Wildman–Crippen LogP) is 3.43. The number of aryl methyl sites for hydroxylation is 1. The summed E-state index contributed by atoms with van der Waals surface area (Å²) in [6, 6.07) is 10.6. The Morgan fingerprint density at radius 1 is 1.07 bits per heavy atom. The van der Waals surface area contributed by atoms with Gasteiger partial charge in [-0.15, -0.1) is 5.10 Å². The molecule has 0 aliphatic carbocycles. The molecule has 1 fully saturated rings. The van der Waals surface area contributed by atoms with Crippen molar-refractivity contribution in [3.8, 4) is 0 Å². The molecule has 152 valence electrons. The van der Waals surface area contributed by atoms with Crippen molar-refractivity contribution in [2.24, 2.45) is 0 Å². The summed E-state index contributed by atoms with van der Waals surface area (Å²) in [5.74, 6) is -0.110. The maximum absolute atomic E-state index is 12.9. The molecule has 2 aromatic carbocycles. The van der Waals surface area contributed by atoms with Gasteiger partial charge in [-0.3, -0.25) is 4.79 Å². The molecule has 2 heterocycles. The van der Waals surface area contributed by atoms with Gasteiger partial charge >= 0.3 is 6.18 Å². The van der Waals surface area contributed by atoms with Crippen LogP contribution in [0.15, 0.2) is 42.5 Å². The van der Waals surface area contributed by atoms with Crippen molar-refractivity contribution in [1.29, 1.82) is 0 Å². The van der Waals surface area contributed by atoms with Gasteiger partial charge in [0.05, 0.1) is 11.1 Å². The molecule has 0 unspecified atom stereocenters. The molecule has 6 nitrogen and oxygen atoms in total. The molecule has 0 bridgehead atoms. The van der Waals surface area contributed by atoms with E-state index in [0.29, 0.717) is 49.5 Å². The third-order valence-corrected chi connectivity index (χ3v) is 5.17. The molecule has 4 rings (SSSR count). The Kier molecular flexibility index (Phi) is 4.89. The van der Waals surface area contributed by atoms with E-state index in [1.165, 1.54) is 6.07 Å². The molecule has 29 heavy (non-hydrogen) atoms. The van der Waals surface area contributed by atoms with Gasteiger partial charge in [0.2, 0.25) is 0 Å². The van der Waals surface area contributed by atoms with Crippen LogP contribution >= 0.6 is 0 Å². The van der Waals surface area contributed by atoms with E-state index in [2.05, 4.69) is 10.3 Å². The average molecular weight is 403 g/mol. The summed E-state index contributed by atoms with van der Waals surface area (Å²) in [5.41, 5.74) is 1.93. The van der Waals surface area contributed by atoms with Crippen LogP contribution < -0.4 is 4.90 Å². The molecule has 1 amide bonds. The summed E-state index contributed by atoms with van der Waals surface area (Å²) in [6.07, 6.45) is -4.37. The summed E-state index contributed by atoms with van der Waals surface area (Å²) < 4.78 is 40.6. The minimum atomic E-state index is -4.37. The van der Waals surface area contributed by atoms with Gasteiger partial charge in [-0.1, -0.05) is 11.3 Å². The van der Waals surface area contributed by atoms with Gasteiger partial charge in [0.15, 0.2) is 0 Å². The fourth-order valence-electron chi connectivity index (χ4n) is 3.57. The molecule has 3 aromatic rings. The zero-order valence-corrected chi connectivity index (χ0v) is 15.9. The van der Waals surface area contributed by atoms with E-state index in [4.69, 9.17) is 0 Å². The zero-order valence-electron chi connectivity index (χ0n) is 15.9. The van der Waals surface area contributed by atoms with E-state index in [-0.39, 0.29) is 5.91 Å². The summed E-state index contributed by atoms with van der Waals surface area (Å²) in [4.78, 5) is 16.4. The number of piperazine rings is 1. The number of carbonyl (C=O) groups is 1. The highest BCUT2D eigenvalue weighted by Gasteiger charge is 2.31. The van der Waals surface area contributed by atoms with E-state index in [0.717, 1.165) is 17.6 Å². The van der Waals surface area contributed by atoms with E-state index in [9.17, 15) is 18.0 Å². The Bertz CT molecular complexity index is 1040. The Hall–Kier alpha value is -3.10. The number of rotatable bonds is 3. The first-order valence-corrected chi connectivity index (χ1v) is 9.41. The second kappa shape index (κ2) is 7.38. The summed E-state index contributed by atoms with van der Waals surface area (Å²) in [7, 11) is 0. The van der Waals surface area contributed by atoms with Crippen LogP contribution in [0.25, 0.3) is 11.0 Å². The minimum Gasteiger partial charge on any atom is -0.368 e. The van der Waals surface area contributed by atoms with E-state index < -0.39 is 11.7 Å². The standard InChI is InChI=1S/C20H20F3N5O/c1-2-28-18-7-6-14(12-17(18)24-25-28)19(29)27-10-8-26(9-11-27)16-5-3-4-15(13-16)20(21,22)23/h3-7,12-13H,2,8-11H2,1H3. The molecule has 0 N–H and O–H groups in total. The van der Waals surface area contributed by atoms with Gasteiger partial charge < -0.3 is 9.80 Å². The van der Waals surface area contributed by atoms with Crippen molar-refractivity contribution in [2.45, 2.75) is 19.6 Å². The molecule has 0 saturated carbocycles. The van der Waals surface area contributed by atoms with Crippen molar-refractivity contribution < 1.29 is 18.0 Å². The second-order valence-corrected chi connectivity index (χ2v) is 6.94. The van der Waals surface area contributed by atoms with E-state index in [1.807, 2.05) is 17.9 Å². The number of benzene rings is 2. The Labute approximate surface area is 165 Å². The first-order chi connectivity index (χ1) is 13.9. The molecule has 1 aliphatic heterocycles. The number of carbonyl (C=O) groups excluding carboxylic acids is 1. The Morgan fingerprint density at radius 2 is 1.83 bits per heavy atom. The third-order valence-electron chi connectivity index (χ3n) is 5.17. The monoisotopic (exact) mass is 403 g/mol. The lowest BCUT2D eigenvalue weighted by molar-refractivity contribution is -0.137. The van der Waals surface area contributed by atoms with Gasteiger partial charge in [0, 0.05) is 44.0 Å². The largest absolute Gasteiger partial charge is 0.416 e. The number of alkyl halides is 3. The van der Waals surface area contributed by atoms with Crippen LogP contribution in [0.4, 0.5) is 18.9 Å². The highest BCUT2D eigenvalue weighted by Crippen LogP contribution is 2.32. The lowest BCUT2D eigenvalue weighted by Gasteiger charge is -2.36. The maximum Gasteiger partial charge on any atom is 0.416 e. The fraction of sp³-hybridized carbons (Fsp3) is 0.350. The fourth-order valence-corrected chi connectivity index (χ4v) is 3.57. The number of nitrogens with zero attached hydrogens (tertiary/aromatic N) is 5. The van der Waals surface area contributed by atoms with Crippen molar-refractivity contribution in [2.75, 3.05) is 31.1 Å². The van der Waals surface area contributed by atoms with Crippen LogP contribution in [0.1, 0.15) is 22.8 Å². The molecule has 0 spiro atoms. The molecule has 1 aromatic heterocycles. The number of fused-ring (bicyclic) bond motifs is 1. The number of anilines is 1. The number of amides is 1. The smallest absolute Gasteiger partial charge is 0.368 e. The van der Waals surface area contributed by atoms with Crippen LogP contribution in [-0.2, 0) is 12.7 Å². The average Bonchev–Trinajstić information content (AvgIpc) is 3.15. The summed E-state index contributed by atoms with van der Waals surface area (Å²) in [6.45, 7) is 4.49. The maximum atomic E-state index is 12.9. The Morgan fingerprint density at radius 3 is 2.52 bits per heavy atom. The quantitative estimate of drug-likeness (QED) is 0.672. The van der Waals surface area contributed by atoms with Gasteiger partial charge in [-0.2, -0.15) is 13.2 Å². The first-order valence-electron chi connectivity index (χ1n) is 9.41. The van der Waals surface area contributed by atoms with Crippen LogP contribution in [0.3, 0.4) is 0 Å². The van der Waals surface area contributed by atoms with Crippen LogP contribution in [-0.4, -0.2) is 52.0 Å². The van der Waals surface area contributed by atoms with Crippen molar-refractivity contribution >= 4 is 22.6 Å². The molecule has 1 saturated heterocycles. The SMILES string of the molecule is CCn1nnc2cc(C(=O)N3CCN(c4cccc(C(F)(F)F)c4)CC3)ccc21. The molecule has 1 aliphatic rings. The molecule has 0 atom stereocenters. The summed E-state index contributed by atoms with van der Waals surface area (Å²) >= 11 is 0. The van der Waals surface area contributed by atoms with Gasteiger partial charge in [-0.05, 0) is 43.3 Å². The Balaban J connectivity index is 1.45. The van der Waals surface area contributed by atoms with Crippen LogP contribution in [0.2, 0.25) is 0 Å². The topological polar surface area (TPSA) is 54.3 Å². The zero-order chi connectivity index (χ0) is 20.6. The number of hydrogen-bond acceptors (Lipinski definition) is 4. The molecular weight excluding hydrogens is 383 g/mol. The van der Waals surface area contributed by atoms with E-state index in [1.54, 1.807) is 27.8 Å². The highest BCUT2D eigenvalue weighted by molar-refractivity contribution is 5.97. The normalized spacial score (nSPS) is 15.2. The summed E-state index contributed by atoms with van der Waals surface area (Å²) in [5, 5.41) is 8.15. The van der Waals surface area contributed by atoms with Gasteiger partial charge in [0.25, 0.3) is 5.91 Å². The number of aromatic nitrogens is 3. The van der Waals surface area contributed by atoms with Gasteiger partial charge in [0.1, 0.15) is 5.52 Å². The van der Waals surface area contributed by atoms with Crippen molar-refractivity contribution in [3.05, 3.63) is 53.6 Å². The molecule has 0 radical (unpaired) electrons. The number of halogens is 3. The molecular formula is C20H20F3N5O. The van der Waals surface area contributed by atoms with Crippen LogP contribution in [0.5, 0.6) is 0 Å². The van der Waals surface area contributed by atoms with Crippen LogP contribution in [0, 0.1) is 0 Å².